The van der Waals surface area contributed by atoms with E-state index in [0.717, 1.165) is 19.3 Å². The van der Waals surface area contributed by atoms with Gasteiger partial charge >= 0.3 is 5.97 Å². The molecule has 0 bridgehead atoms. The van der Waals surface area contributed by atoms with Crippen molar-refractivity contribution in [1.29, 1.82) is 0 Å². The lowest BCUT2D eigenvalue weighted by molar-refractivity contribution is 0.0686. The molecule has 2 rings (SSSR count). The monoisotopic (exact) mass is 314 g/mol. The molecule has 7 heteroatoms. The van der Waals surface area contributed by atoms with E-state index >= 15 is 0 Å². The highest BCUT2D eigenvalue weighted by Gasteiger charge is 2.29. The average molecular weight is 314 g/mol. The van der Waals surface area contributed by atoms with Crippen molar-refractivity contribution in [2.45, 2.75) is 44.0 Å². The van der Waals surface area contributed by atoms with Crippen LogP contribution in [-0.4, -0.2) is 30.1 Å². The van der Waals surface area contributed by atoms with Crippen LogP contribution in [0.5, 0.6) is 0 Å². The minimum absolute atomic E-state index is 0.00803. The second-order valence-corrected chi connectivity index (χ2v) is 7.78. The topological polar surface area (TPSA) is 88.4 Å². The fourth-order valence-electron chi connectivity index (χ4n) is 2.84. The number of aromatic nitrogens is 1. The first kappa shape index (κ1) is 16.0. The number of nitrogens with one attached hydrogen (secondary N) is 1. The number of nitrogens with zero attached hydrogens (tertiary/aromatic N) is 1. The van der Waals surface area contributed by atoms with E-state index in [0.29, 0.717) is 11.8 Å². The summed E-state index contributed by atoms with van der Waals surface area (Å²) in [6, 6.07) is 1.12. The van der Waals surface area contributed by atoms with Crippen LogP contribution in [0, 0.1) is 11.8 Å². The Morgan fingerprint density at radius 1 is 1.33 bits per heavy atom. The van der Waals surface area contributed by atoms with Gasteiger partial charge in [0.05, 0.1) is 0 Å². The Morgan fingerprint density at radius 2 is 2.00 bits per heavy atom. The Bertz CT molecular complexity index is 635. The van der Waals surface area contributed by atoms with Crippen LogP contribution in [0.2, 0.25) is 0 Å². The minimum Gasteiger partial charge on any atom is -0.477 e. The molecule has 0 radical (unpaired) electrons. The SMILES string of the molecule is CC1CCC(NS(=O)(=O)c2cc(C(=O)O)n(C)c2)CC1C. The maximum Gasteiger partial charge on any atom is 0.352 e. The molecule has 0 amide bonds. The van der Waals surface area contributed by atoms with E-state index in [1.165, 1.54) is 23.9 Å². The van der Waals surface area contributed by atoms with Crippen LogP contribution in [-0.2, 0) is 17.1 Å². The van der Waals surface area contributed by atoms with E-state index in [-0.39, 0.29) is 16.6 Å². The molecule has 3 atom stereocenters. The number of aryl methyl sites for hydroxylation is 1. The lowest BCUT2D eigenvalue weighted by Crippen LogP contribution is -2.39. The first-order valence-electron chi connectivity index (χ1n) is 7.12. The molecule has 21 heavy (non-hydrogen) atoms. The average Bonchev–Trinajstić information content (AvgIpc) is 2.77. The molecule has 3 unspecified atom stereocenters. The smallest absolute Gasteiger partial charge is 0.352 e. The molecule has 0 saturated heterocycles. The summed E-state index contributed by atoms with van der Waals surface area (Å²) in [7, 11) is -2.15. The Morgan fingerprint density at radius 3 is 2.52 bits per heavy atom. The normalized spacial score (nSPS) is 26.7. The maximum absolute atomic E-state index is 12.4. The van der Waals surface area contributed by atoms with Crippen molar-refractivity contribution in [2.24, 2.45) is 18.9 Å². The van der Waals surface area contributed by atoms with Crippen LogP contribution in [0.4, 0.5) is 0 Å². The highest BCUT2D eigenvalue weighted by atomic mass is 32.2. The fourth-order valence-corrected chi connectivity index (χ4v) is 4.19. The van der Waals surface area contributed by atoms with Crippen LogP contribution in [0.25, 0.3) is 0 Å². The summed E-state index contributed by atoms with van der Waals surface area (Å²) >= 11 is 0. The van der Waals surface area contributed by atoms with Crippen LogP contribution >= 0.6 is 0 Å². The number of carboxylic acids is 1. The quantitative estimate of drug-likeness (QED) is 0.887. The molecule has 1 heterocycles. The molecule has 0 aliphatic heterocycles. The van der Waals surface area contributed by atoms with Gasteiger partial charge in [0.1, 0.15) is 10.6 Å². The third kappa shape index (κ3) is 3.47. The van der Waals surface area contributed by atoms with Gasteiger partial charge in [-0.05, 0) is 37.2 Å². The summed E-state index contributed by atoms with van der Waals surface area (Å²) < 4.78 is 28.7. The van der Waals surface area contributed by atoms with Gasteiger partial charge in [-0.2, -0.15) is 0 Å². The van der Waals surface area contributed by atoms with Gasteiger partial charge < -0.3 is 9.67 Å². The molecule has 6 nitrogen and oxygen atoms in total. The van der Waals surface area contributed by atoms with E-state index in [1.54, 1.807) is 0 Å². The lowest BCUT2D eigenvalue weighted by atomic mass is 9.79. The van der Waals surface area contributed by atoms with E-state index in [9.17, 15) is 13.2 Å². The highest BCUT2D eigenvalue weighted by Crippen LogP contribution is 2.30. The molecule has 1 aliphatic carbocycles. The molecule has 118 valence electrons. The van der Waals surface area contributed by atoms with Gasteiger partial charge in [-0.3, -0.25) is 0 Å². The predicted octanol–water partition coefficient (Wildman–Crippen LogP) is 1.83. The van der Waals surface area contributed by atoms with Crippen molar-refractivity contribution in [1.82, 2.24) is 9.29 Å². The largest absolute Gasteiger partial charge is 0.477 e. The van der Waals surface area contributed by atoms with Crippen molar-refractivity contribution in [3.63, 3.8) is 0 Å². The Labute approximate surface area is 125 Å². The summed E-state index contributed by atoms with van der Waals surface area (Å²) in [6.45, 7) is 4.32. The zero-order valence-corrected chi connectivity index (χ0v) is 13.4. The lowest BCUT2D eigenvalue weighted by Gasteiger charge is -2.32. The van der Waals surface area contributed by atoms with Crippen LogP contribution in [0.3, 0.4) is 0 Å². The third-order valence-electron chi connectivity index (χ3n) is 4.43. The number of aromatic carboxylic acids is 1. The van der Waals surface area contributed by atoms with E-state index in [1.807, 2.05) is 0 Å². The Hall–Kier alpha value is -1.34. The van der Waals surface area contributed by atoms with E-state index in [2.05, 4.69) is 18.6 Å². The highest BCUT2D eigenvalue weighted by molar-refractivity contribution is 7.89. The number of carboxylic acid groups (broad SMARTS) is 1. The molecule has 1 aromatic rings. The first-order valence-corrected chi connectivity index (χ1v) is 8.61. The summed E-state index contributed by atoms with van der Waals surface area (Å²) in [5, 5.41) is 8.99. The number of sulfonamides is 1. The molecule has 0 spiro atoms. The summed E-state index contributed by atoms with van der Waals surface area (Å²) in [5.41, 5.74) is -0.0407. The van der Waals surface area contributed by atoms with Gasteiger partial charge in [0.2, 0.25) is 10.0 Å². The van der Waals surface area contributed by atoms with Gasteiger partial charge in [-0.15, -0.1) is 0 Å². The van der Waals surface area contributed by atoms with Crippen LogP contribution < -0.4 is 4.72 Å². The number of carbonyl (C=O) groups is 1. The second kappa shape index (κ2) is 5.81. The van der Waals surface area contributed by atoms with Gasteiger partial charge in [-0.25, -0.2) is 17.9 Å². The van der Waals surface area contributed by atoms with Gasteiger partial charge in [0, 0.05) is 19.3 Å². The first-order chi connectivity index (χ1) is 9.70. The van der Waals surface area contributed by atoms with Crippen molar-refractivity contribution < 1.29 is 18.3 Å². The number of hydrogen-bond donors (Lipinski definition) is 2. The molecular formula is C14H22N2O4S. The van der Waals surface area contributed by atoms with Crippen molar-refractivity contribution in [2.75, 3.05) is 0 Å². The Kier molecular flexibility index (Phi) is 4.43. The fraction of sp³-hybridized carbons (Fsp3) is 0.643. The molecule has 1 fully saturated rings. The molecule has 2 N–H and O–H groups in total. The molecule has 1 aliphatic rings. The zero-order chi connectivity index (χ0) is 15.8. The van der Waals surface area contributed by atoms with Crippen LogP contribution in [0.1, 0.15) is 43.6 Å². The van der Waals surface area contributed by atoms with E-state index < -0.39 is 16.0 Å². The third-order valence-corrected chi connectivity index (χ3v) is 5.92. The maximum atomic E-state index is 12.4. The van der Waals surface area contributed by atoms with Crippen molar-refractivity contribution in [3.8, 4) is 0 Å². The van der Waals surface area contributed by atoms with Gasteiger partial charge in [-0.1, -0.05) is 13.8 Å². The van der Waals surface area contributed by atoms with Gasteiger partial charge in [0.15, 0.2) is 0 Å². The van der Waals surface area contributed by atoms with E-state index in [4.69, 9.17) is 5.11 Å². The molecule has 1 saturated carbocycles. The Balaban J connectivity index is 2.15. The summed E-state index contributed by atoms with van der Waals surface area (Å²) in [5.74, 6) is -0.0445. The van der Waals surface area contributed by atoms with Gasteiger partial charge in [0.25, 0.3) is 0 Å². The molecular weight excluding hydrogens is 292 g/mol. The molecule has 1 aromatic heterocycles. The summed E-state index contributed by atoms with van der Waals surface area (Å²) in [4.78, 5) is 11.0. The minimum atomic E-state index is -3.67. The van der Waals surface area contributed by atoms with Crippen molar-refractivity contribution >= 4 is 16.0 Å². The standard InChI is InChI=1S/C14H22N2O4S/c1-9-4-5-11(6-10(9)2)15-21(19,20)12-7-13(14(17)18)16(3)8-12/h7-11,15H,4-6H2,1-3H3,(H,17,18). The second-order valence-electron chi connectivity index (χ2n) is 6.06. The zero-order valence-electron chi connectivity index (χ0n) is 12.5. The predicted molar refractivity (Wildman–Crippen MR) is 78.7 cm³/mol. The van der Waals surface area contributed by atoms with Crippen LogP contribution in [0.15, 0.2) is 17.2 Å². The van der Waals surface area contributed by atoms with Crippen molar-refractivity contribution in [3.05, 3.63) is 18.0 Å². The summed E-state index contributed by atoms with van der Waals surface area (Å²) in [6.07, 6.45) is 3.98. The number of hydrogen-bond acceptors (Lipinski definition) is 3. The number of rotatable bonds is 4. The molecule has 0 aromatic carbocycles.